The molecule has 0 saturated carbocycles. The Morgan fingerprint density at radius 3 is 1.45 bits per heavy atom. The van der Waals surface area contributed by atoms with Gasteiger partial charge in [-0.25, -0.2) is 10.0 Å². The molecule has 3 aromatic rings. The number of aryl methyl sites for hydroxylation is 2. The van der Waals surface area contributed by atoms with Crippen LogP contribution in [0, 0.1) is 25.7 Å². The number of anilines is 2. The summed E-state index contributed by atoms with van der Waals surface area (Å²) >= 11 is 6.24. The minimum absolute atomic E-state index is 0.136. The molecule has 2 amide bonds. The van der Waals surface area contributed by atoms with Gasteiger partial charge < -0.3 is 0 Å². The lowest BCUT2D eigenvalue weighted by molar-refractivity contribution is -0.122. The first-order valence-electron chi connectivity index (χ1n) is 13.0. The van der Waals surface area contributed by atoms with Crippen molar-refractivity contribution in [2.75, 3.05) is 10.0 Å². The Morgan fingerprint density at radius 1 is 0.684 bits per heavy atom. The van der Waals surface area contributed by atoms with Crippen LogP contribution in [0.5, 0.6) is 0 Å². The molecular formula is C31H31ClN4O2. The first-order valence-corrected chi connectivity index (χ1v) is 13.4. The minimum atomic E-state index is -0.605. The average molecular weight is 527 g/mol. The summed E-state index contributed by atoms with van der Waals surface area (Å²) in [6, 6.07) is 22.9. The number of rotatable bonds is 7. The van der Waals surface area contributed by atoms with Crippen molar-refractivity contribution in [1.82, 2.24) is 0 Å². The van der Waals surface area contributed by atoms with Crippen LogP contribution in [0.15, 0.2) is 83.0 Å². The van der Waals surface area contributed by atoms with Gasteiger partial charge in [-0.05, 0) is 68.7 Å². The highest BCUT2D eigenvalue weighted by Gasteiger charge is 2.51. The van der Waals surface area contributed by atoms with Crippen LogP contribution in [0.2, 0.25) is 5.02 Å². The van der Waals surface area contributed by atoms with E-state index in [0.717, 1.165) is 28.1 Å². The molecule has 0 spiro atoms. The van der Waals surface area contributed by atoms with E-state index in [1.165, 1.54) is 10.0 Å². The molecule has 0 aromatic heterocycles. The van der Waals surface area contributed by atoms with E-state index in [9.17, 15) is 9.59 Å². The van der Waals surface area contributed by atoms with Crippen LogP contribution in [0.3, 0.4) is 0 Å². The maximum Gasteiger partial charge on any atom is 0.256 e. The fourth-order valence-corrected chi connectivity index (χ4v) is 5.46. The predicted octanol–water partition coefficient (Wildman–Crippen LogP) is 6.90. The Kier molecular flexibility index (Phi) is 7.17. The van der Waals surface area contributed by atoms with Gasteiger partial charge in [-0.1, -0.05) is 73.0 Å². The summed E-state index contributed by atoms with van der Waals surface area (Å²) in [6.45, 7) is 8.01. The molecule has 0 radical (unpaired) electrons. The second-order valence-corrected chi connectivity index (χ2v) is 10.3. The second-order valence-electron chi connectivity index (χ2n) is 9.89. The second kappa shape index (κ2) is 10.5. The largest absolute Gasteiger partial charge is 0.272 e. The molecule has 7 heteroatoms. The van der Waals surface area contributed by atoms with Gasteiger partial charge in [0.1, 0.15) is 0 Å². The summed E-state index contributed by atoms with van der Waals surface area (Å²) in [7, 11) is 0. The van der Waals surface area contributed by atoms with E-state index >= 15 is 0 Å². The molecule has 194 valence electrons. The van der Waals surface area contributed by atoms with Crippen LogP contribution in [0.1, 0.15) is 49.3 Å². The fourth-order valence-electron chi connectivity index (χ4n) is 5.34. The van der Waals surface area contributed by atoms with Crippen molar-refractivity contribution in [2.45, 2.75) is 46.5 Å². The molecule has 5 rings (SSSR count). The number of halogens is 1. The normalized spacial score (nSPS) is 20.1. The van der Waals surface area contributed by atoms with E-state index in [2.05, 4.69) is 0 Å². The molecule has 0 bridgehead atoms. The molecule has 38 heavy (non-hydrogen) atoms. The highest BCUT2D eigenvalue weighted by atomic mass is 35.5. The van der Waals surface area contributed by atoms with Crippen molar-refractivity contribution in [3.63, 3.8) is 0 Å². The van der Waals surface area contributed by atoms with E-state index in [-0.39, 0.29) is 11.8 Å². The lowest BCUT2D eigenvalue weighted by Crippen LogP contribution is -2.40. The summed E-state index contributed by atoms with van der Waals surface area (Å²) in [6.07, 6.45) is 1.17. The Morgan fingerprint density at radius 2 is 1.08 bits per heavy atom. The highest BCUT2D eigenvalue weighted by molar-refractivity contribution is 6.30. The van der Waals surface area contributed by atoms with Crippen LogP contribution < -0.4 is 10.0 Å². The summed E-state index contributed by atoms with van der Waals surface area (Å²) in [5, 5.41) is 13.1. The molecule has 2 heterocycles. The number of hydrogen-bond acceptors (Lipinski definition) is 4. The van der Waals surface area contributed by atoms with E-state index in [1.807, 2.05) is 100 Å². The van der Waals surface area contributed by atoms with Crippen molar-refractivity contribution >= 4 is 46.2 Å². The number of carbonyl (C=O) groups is 2. The standard InChI is InChI=1S/C31H31ClN4O2/c1-5-25-28(30(37)35(33-25)23-15-7-19(3)8-16-23)27(21-11-13-22(32)14-12-21)29-26(6-2)34-36(31(29)38)24-17-9-20(4)10-18-24/h7-18,27-29H,5-6H2,1-4H3. The molecule has 3 aromatic carbocycles. The van der Waals surface area contributed by atoms with Crippen molar-refractivity contribution in [2.24, 2.45) is 22.0 Å². The third kappa shape index (κ3) is 4.65. The molecule has 6 nitrogen and oxygen atoms in total. The van der Waals surface area contributed by atoms with Crippen molar-refractivity contribution in [1.29, 1.82) is 0 Å². The monoisotopic (exact) mass is 526 g/mol. The lowest BCUT2D eigenvalue weighted by Gasteiger charge is -2.29. The van der Waals surface area contributed by atoms with E-state index in [0.29, 0.717) is 29.2 Å². The van der Waals surface area contributed by atoms with E-state index < -0.39 is 17.8 Å². The minimum Gasteiger partial charge on any atom is -0.272 e. The maximum atomic E-state index is 14.1. The van der Waals surface area contributed by atoms with Crippen LogP contribution in [0.25, 0.3) is 0 Å². The number of hydrogen-bond donors (Lipinski definition) is 0. The van der Waals surface area contributed by atoms with Gasteiger partial charge in [0.2, 0.25) is 0 Å². The maximum absolute atomic E-state index is 14.1. The fraction of sp³-hybridized carbons (Fsp3) is 0.290. The van der Waals surface area contributed by atoms with Gasteiger partial charge in [-0.15, -0.1) is 0 Å². The number of nitrogens with zero attached hydrogens (tertiary/aromatic N) is 4. The molecule has 0 saturated heterocycles. The summed E-state index contributed by atoms with van der Waals surface area (Å²) in [5.74, 6) is -1.96. The van der Waals surface area contributed by atoms with Crippen LogP contribution in [-0.2, 0) is 9.59 Å². The first-order chi connectivity index (χ1) is 18.3. The SMILES string of the molecule is CCC1=NN(c2ccc(C)cc2)C(=O)C1C(c1ccc(Cl)cc1)C1C(=O)N(c2ccc(C)cc2)N=C1CC. The Hall–Kier alpha value is -3.77. The molecule has 0 aliphatic carbocycles. The molecule has 0 N–H and O–H groups in total. The number of carbonyl (C=O) groups excluding carboxylic acids is 2. The first kappa shape index (κ1) is 25.9. The molecule has 2 aliphatic rings. The Labute approximate surface area is 228 Å². The third-order valence-electron chi connectivity index (χ3n) is 7.38. The molecule has 2 unspecified atom stereocenters. The molecule has 0 fully saturated rings. The topological polar surface area (TPSA) is 65.3 Å². The van der Waals surface area contributed by atoms with Crippen LogP contribution in [0.4, 0.5) is 11.4 Å². The van der Waals surface area contributed by atoms with Gasteiger partial charge in [-0.2, -0.15) is 10.2 Å². The average Bonchev–Trinajstić information content (AvgIpc) is 3.43. The Bertz CT molecular complexity index is 1320. The van der Waals surface area contributed by atoms with Gasteiger partial charge in [0.15, 0.2) is 0 Å². The quantitative estimate of drug-likeness (QED) is 0.336. The lowest BCUT2D eigenvalue weighted by atomic mass is 9.72. The van der Waals surface area contributed by atoms with Gasteiger partial charge in [-0.3, -0.25) is 9.59 Å². The van der Waals surface area contributed by atoms with Gasteiger partial charge in [0.05, 0.1) is 34.6 Å². The third-order valence-corrected chi connectivity index (χ3v) is 7.63. The van der Waals surface area contributed by atoms with Crippen molar-refractivity contribution in [3.8, 4) is 0 Å². The summed E-state index contributed by atoms with van der Waals surface area (Å²) in [4.78, 5) is 28.2. The number of amides is 2. The van der Waals surface area contributed by atoms with Crippen molar-refractivity contribution in [3.05, 3.63) is 94.5 Å². The highest BCUT2D eigenvalue weighted by Crippen LogP contribution is 2.44. The van der Waals surface area contributed by atoms with Gasteiger partial charge in [0.25, 0.3) is 11.8 Å². The summed E-state index contributed by atoms with van der Waals surface area (Å²) < 4.78 is 0. The molecular weight excluding hydrogens is 496 g/mol. The van der Waals surface area contributed by atoms with Crippen LogP contribution in [-0.4, -0.2) is 23.2 Å². The Balaban J connectivity index is 1.60. The van der Waals surface area contributed by atoms with Gasteiger partial charge in [0, 0.05) is 10.9 Å². The smallest absolute Gasteiger partial charge is 0.256 e. The zero-order valence-corrected chi connectivity index (χ0v) is 22.8. The van der Waals surface area contributed by atoms with E-state index in [1.54, 1.807) is 0 Å². The van der Waals surface area contributed by atoms with E-state index in [4.69, 9.17) is 21.8 Å². The predicted molar refractivity (Wildman–Crippen MR) is 154 cm³/mol. The number of hydrazone groups is 2. The van der Waals surface area contributed by atoms with Gasteiger partial charge >= 0.3 is 0 Å². The number of benzene rings is 3. The zero-order valence-electron chi connectivity index (χ0n) is 22.1. The molecule has 2 aliphatic heterocycles. The summed E-state index contributed by atoms with van der Waals surface area (Å²) in [5.41, 5.74) is 6.02. The van der Waals surface area contributed by atoms with Crippen LogP contribution >= 0.6 is 11.6 Å². The molecule has 2 atom stereocenters. The van der Waals surface area contributed by atoms with Crippen molar-refractivity contribution < 1.29 is 9.59 Å². The zero-order chi connectivity index (χ0) is 27.0.